The molecule has 11 heteroatoms. The van der Waals surface area contributed by atoms with Crippen LogP contribution in [0.5, 0.6) is 0 Å². The van der Waals surface area contributed by atoms with Crippen LogP contribution >= 0.6 is 11.8 Å². The maximum Gasteiger partial charge on any atom is 0.433 e. The largest absolute Gasteiger partial charge is 0.510 e. The van der Waals surface area contributed by atoms with E-state index in [-0.39, 0.29) is 22.3 Å². The molecule has 0 aliphatic heterocycles. The Labute approximate surface area is 160 Å². The molecule has 0 radical (unpaired) electrons. The summed E-state index contributed by atoms with van der Waals surface area (Å²) in [6, 6.07) is 7.73. The molecule has 0 bridgehead atoms. The van der Waals surface area contributed by atoms with Crippen molar-refractivity contribution in [2.75, 3.05) is 12.9 Å². The van der Waals surface area contributed by atoms with Crippen molar-refractivity contribution in [1.29, 1.82) is 0 Å². The Kier molecular flexibility index (Phi) is 5.54. The summed E-state index contributed by atoms with van der Waals surface area (Å²) in [6.07, 6.45) is -3.64. The molecule has 146 valence electrons. The molecule has 3 rings (SSSR count). The Hall–Kier alpha value is -3.08. The first kappa shape index (κ1) is 19.7. The van der Waals surface area contributed by atoms with Crippen molar-refractivity contribution >= 4 is 34.3 Å². The van der Waals surface area contributed by atoms with E-state index in [1.54, 1.807) is 24.3 Å². The van der Waals surface area contributed by atoms with Crippen molar-refractivity contribution in [3.8, 4) is 0 Å². The third-order valence-electron chi connectivity index (χ3n) is 3.57. The number of aliphatic hydroxyl groups is 1. The number of carbonyl (C=O) groups is 1. The lowest BCUT2D eigenvalue weighted by Crippen LogP contribution is -2.11. The second-order valence-corrected chi connectivity index (χ2v) is 6.37. The molecule has 28 heavy (non-hydrogen) atoms. The number of para-hydroxylation sites is 2. The zero-order valence-corrected chi connectivity index (χ0v) is 15.1. The second kappa shape index (κ2) is 7.89. The number of rotatable bonds is 5. The zero-order valence-electron chi connectivity index (χ0n) is 14.3. The van der Waals surface area contributed by atoms with E-state index in [4.69, 9.17) is 4.74 Å². The summed E-state index contributed by atoms with van der Waals surface area (Å²) in [5.41, 5.74) is -0.113. The molecular formula is C17H13F3N4O3S. The summed E-state index contributed by atoms with van der Waals surface area (Å²) in [6.45, 7) is 0. The molecule has 0 aliphatic carbocycles. The van der Waals surface area contributed by atoms with Crippen LogP contribution in [0.15, 0.2) is 47.4 Å². The van der Waals surface area contributed by atoms with Crippen molar-refractivity contribution in [2.45, 2.75) is 11.3 Å². The number of hydrogen-bond donors (Lipinski definition) is 2. The monoisotopic (exact) mass is 410 g/mol. The van der Waals surface area contributed by atoms with E-state index in [1.165, 1.54) is 0 Å². The van der Waals surface area contributed by atoms with Crippen molar-refractivity contribution in [3.05, 3.63) is 53.8 Å². The van der Waals surface area contributed by atoms with E-state index in [9.17, 15) is 23.1 Å². The molecule has 1 aromatic carbocycles. The van der Waals surface area contributed by atoms with Crippen LogP contribution in [0.3, 0.4) is 0 Å². The van der Waals surface area contributed by atoms with Crippen LogP contribution in [0.2, 0.25) is 0 Å². The number of halogens is 3. The highest BCUT2D eigenvalue weighted by molar-refractivity contribution is 7.99. The molecule has 0 atom stereocenters. The van der Waals surface area contributed by atoms with Gasteiger partial charge in [0.25, 0.3) is 0 Å². The van der Waals surface area contributed by atoms with Crippen LogP contribution in [-0.2, 0) is 15.7 Å². The van der Waals surface area contributed by atoms with Gasteiger partial charge in [0.15, 0.2) is 5.16 Å². The molecule has 2 heterocycles. The Morgan fingerprint density at radius 1 is 1.25 bits per heavy atom. The number of aromatic amines is 1. The summed E-state index contributed by atoms with van der Waals surface area (Å²) in [4.78, 5) is 26.4. The van der Waals surface area contributed by atoms with Gasteiger partial charge in [-0.25, -0.2) is 19.7 Å². The van der Waals surface area contributed by atoms with E-state index >= 15 is 0 Å². The fourth-order valence-corrected chi connectivity index (χ4v) is 3.01. The van der Waals surface area contributed by atoms with Gasteiger partial charge in [-0.05, 0) is 18.2 Å². The highest BCUT2D eigenvalue weighted by Gasteiger charge is 2.33. The molecule has 0 saturated heterocycles. The van der Waals surface area contributed by atoms with E-state index in [0.717, 1.165) is 31.1 Å². The van der Waals surface area contributed by atoms with Crippen molar-refractivity contribution in [1.82, 2.24) is 19.9 Å². The highest BCUT2D eigenvalue weighted by atomic mass is 32.2. The topological polar surface area (TPSA) is 101 Å². The molecule has 0 unspecified atom stereocenters. The lowest BCUT2D eigenvalue weighted by atomic mass is 10.2. The number of esters is 1. The van der Waals surface area contributed by atoms with Crippen molar-refractivity contribution in [3.63, 3.8) is 0 Å². The predicted octanol–water partition coefficient (Wildman–Crippen LogP) is 3.61. The van der Waals surface area contributed by atoms with Crippen molar-refractivity contribution in [2.24, 2.45) is 0 Å². The number of ether oxygens (including phenoxy) is 1. The van der Waals surface area contributed by atoms with Crippen LogP contribution in [0.4, 0.5) is 13.2 Å². The number of nitrogens with one attached hydrogen (secondary N) is 1. The van der Waals surface area contributed by atoms with Crippen LogP contribution in [0.25, 0.3) is 16.6 Å². The Balaban J connectivity index is 1.90. The number of benzene rings is 1. The number of methoxy groups -OCH3 is 1. The fourth-order valence-electron chi connectivity index (χ4n) is 2.30. The van der Waals surface area contributed by atoms with Gasteiger partial charge in [0.2, 0.25) is 0 Å². The average Bonchev–Trinajstić information content (AvgIpc) is 3.09. The maximum atomic E-state index is 12.7. The minimum absolute atomic E-state index is 0.0797. The minimum atomic E-state index is -4.61. The van der Waals surface area contributed by atoms with Gasteiger partial charge in [0.05, 0.1) is 23.9 Å². The van der Waals surface area contributed by atoms with Crippen LogP contribution in [0.1, 0.15) is 11.5 Å². The van der Waals surface area contributed by atoms with Gasteiger partial charge in [-0.1, -0.05) is 23.9 Å². The van der Waals surface area contributed by atoms with Gasteiger partial charge in [0.1, 0.15) is 22.9 Å². The molecule has 3 aromatic rings. The number of thioether (sulfide) groups is 1. The number of alkyl halides is 3. The Morgan fingerprint density at radius 3 is 2.68 bits per heavy atom. The first-order valence-electron chi connectivity index (χ1n) is 7.78. The van der Waals surface area contributed by atoms with Gasteiger partial charge < -0.3 is 14.8 Å². The number of carbonyl (C=O) groups excluding carboxylic acids is 1. The maximum absolute atomic E-state index is 12.7. The normalized spacial score (nSPS) is 12.7. The van der Waals surface area contributed by atoms with Gasteiger partial charge in [-0.2, -0.15) is 13.2 Å². The van der Waals surface area contributed by atoms with E-state index < -0.39 is 23.6 Å². The summed E-state index contributed by atoms with van der Waals surface area (Å²) < 4.78 is 42.9. The molecule has 0 fully saturated rings. The molecule has 0 saturated carbocycles. The molecular weight excluding hydrogens is 397 g/mol. The van der Waals surface area contributed by atoms with Gasteiger partial charge in [-0.3, -0.25) is 0 Å². The summed E-state index contributed by atoms with van der Waals surface area (Å²) in [5, 5.41) is 10.2. The Morgan fingerprint density at radius 2 is 2.00 bits per heavy atom. The molecule has 2 aromatic heterocycles. The number of aliphatic hydroxyl groups excluding tert-OH is 1. The Bertz CT molecular complexity index is 1020. The lowest BCUT2D eigenvalue weighted by Gasteiger charge is -2.08. The summed E-state index contributed by atoms with van der Waals surface area (Å²) in [7, 11) is 1.14. The number of fused-ring (bicyclic) bond motifs is 1. The van der Waals surface area contributed by atoms with E-state index in [2.05, 4.69) is 19.9 Å². The standard InChI is InChI=1S/C17H13F3N4O3S/c1-27-15(26)13(14-22-9-4-2-3-5-10(9)23-14)11(25)8-28-16-21-7-6-12(24-16)17(18,19)20/h2-7,25H,8H2,1H3,(H,22,23)/b13-11+. The number of nitrogens with zero attached hydrogens (tertiary/aromatic N) is 3. The van der Waals surface area contributed by atoms with Crippen LogP contribution in [0, 0.1) is 0 Å². The summed E-state index contributed by atoms with van der Waals surface area (Å²) in [5.74, 6) is -1.46. The van der Waals surface area contributed by atoms with Crippen molar-refractivity contribution < 1.29 is 27.8 Å². The highest BCUT2D eigenvalue weighted by Crippen LogP contribution is 2.29. The third-order valence-corrected chi connectivity index (χ3v) is 4.44. The third kappa shape index (κ3) is 4.25. The zero-order chi connectivity index (χ0) is 20.3. The lowest BCUT2D eigenvalue weighted by molar-refractivity contribution is -0.141. The number of H-pyrrole nitrogens is 1. The van der Waals surface area contributed by atoms with E-state index in [1.807, 2.05) is 0 Å². The van der Waals surface area contributed by atoms with Crippen LogP contribution in [-0.4, -0.2) is 43.9 Å². The SMILES string of the molecule is COC(=O)/C(=C(/O)CSc1nccc(C(F)(F)F)n1)c1nc2ccccc2[nH]1. The second-order valence-electron chi connectivity index (χ2n) is 5.43. The number of imidazole rings is 1. The number of hydrogen-bond acceptors (Lipinski definition) is 7. The molecule has 0 amide bonds. The smallest absolute Gasteiger partial charge is 0.433 e. The molecule has 0 aliphatic rings. The average molecular weight is 410 g/mol. The van der Waals surface area contributed by atoms with Gasteiger partial charge in [-0.15, -0.1) is 0 Å². The predicted molar refractivity (Wildman–Crippen MR) is 95.4 cm³/mol. The summed E-state index contributed by atoms with van der Waals surface area (Å²) >= 11 is 0.737. The minimum Gasteiger partial charge on any atom is -0.510 e. The number of aromatic nitrogens is 4. The van der Waals surface area contributed by atoms with Gasteiger partial charge >= 0.3 is 12.1 Å². The molecule has 7 nitrogen and oxygen atoms in total. The van der Waals surface area contributed by atoms with Gasteiger partial charge in [0, 0.05) is 6.20 Å². The van der Waals surface area contributed by atoms with E-state index in [0.29, 0.717) is 11.0 Å². The first-order valence-corrected chi connectivity index (χ1v) is 8.76. The molecule has 2 N–H and O–H groups in total. The quantitative estimate of drug-likeness (QED) is 0.218. The first-order chi connectivity index (χ1) is 13.3. The fraction of sp³-hybridized carbons (Fsp3) is 0.176. The van der Waals surface area contributed by atoms with Crippen LogP contribution < -0.4 is 0 Å². The molecule has 0 spiro atoms.